The standard InChI is InChI=1S/C17H17NO4/c1-20-14-5-3-2-4-12(14)11-6-7-13-15(22-17(18)19)8-9-21-16(13)10-11/h2-7,10,15H,8-9H2,1H3,(H2,18,19). The van der Waals surface area contributed by atoms with Gasteiger partial charge in [0.05, 0.1) is 13.7 Å². The van der Waals surface area contributed by atoms with Gasteiger partial charge in [-0.2, -0.15) is 0 Å². The zero-order valence-electron chi connectivity index (χ0n) is 12.2. The van der Waals surface area contributed by atoms with Crippen LogP contribution in [0.25, 0.3) is 11.1 Å². The van der Waals surface area contributed by atoms with E-state index in [1.54, 1.807) is 7.11 Å². The molecule has 1 heterocycles. The zero-order valence-corrected chi connectivity index (χ0v) is 12.2. The van der Waals surface area contributed by atoms with E-state index < -0.39 is 6.09 Å². The maximum atomic E-state index is 11.0. The van der Waals surface area contributed by atoms with Crippen LogP contribution in [0.15, 0.2) is 42.5 Å². The van der Waals surface area contributed by atoms with Crippen molar-refractivity contribution in [1.29, 1.82) is 0 Å². The van der Waals surface area contributed by atoms with Crippen molar-refractivity contribution < 1.29 is 19.0 Å². The molecule has 1 amide bonds. The van der Waals surface area contributed by atoms with E-state index in [9.17, 15) is 4.79 Å². The van der Waals surface area contributed by atoms with E-state index in [0.717, 1.165) is 22.4 Å². The maximum Gasteiger partial charge on any atom is 0.405 e. The summed E-state index contributed by atoms with van der Waals surface area (Å²) in [6.45, 7) is 0.486. The molecule has 1 aliphatic heterocycles. The smallest absolute Gasteiger partial charge is 0.405 e. The summed E-state index contributed by atoms with van der Waals surface area (Å²) in [7, 11) is 1.64. The fourth-order valence-electron chi connectivity index (χ4n) is 2.67. The van der Waals surface area contributed by atoms with Crippen molar-refractivity contribution in [3.8, 4) is 22.6 Å². The normalized spacial score (nSPS) is 16.3. The second-order valence-corrected chi connectivity index (χ2v) is 5.02. The van der Waals surface area contributed by atoms with Crippen molar-refractivity contribution in [3.63, 3.8) is 0 Å². The lowest BCUT2D eigenvalue weighted by Crippen LogP contribution is -2.22. The van der Waals surface area contributed by atoms with Crippen molar-refractivity contribution in [2.45, 2.75) is 12.5 Å². The van der Waals surface area contributed by atoms with Crippen LogP contribution in [0.5, 0.6) is 11.5 Å². The van der Waals surface area contributed by atoms with Gasteiger partial charge in [-0.05, 0) is 17.7 Å². The number of rotatable bonds is 3. The van der Waals surface area contributed by atoms with Gasteiger partial charge in [0, 0.05) is 17.5 Å². The number of amides is 1. The third kappa shape index (κ3) is 2.70. The molecule has 5 heteroatoms. The van der Waals surface area contributed by atoms with Crippen LogP contribution >= 0.6 is 0 Å². The van der Waals surface area contributed by atoms with Crippen LogP contribution in [-0.2, 0) is 4.74 Å². The maximum absolute atomic E-state index is 11.0. The molecule has 0 saturated heterocycles. The Morgan fingerprint density at radius 1 is 1.27 bits per heavy atom. The van der Waals surface area contributed by atoms with Crippen LogP contribution in [0.3, 0.4) is 0 Å². The van der Waals surface area contributed by atoms with Gasteiger partial charge in [0.1, 0.15) is 17.6 Å². The molecule has 1 atom stereocenters. The predicted molar refractivity (Wildman–Crippen MR) is 82.0 cm³/mol. The Morgan fingerprint density at radius 2 is 2.09 bits per heavy atom. The average Bonchev–Trinajstić information content (AvgIpc) is 2.54. The molecule has 0 radical (unpaired) electrons. The summed E-state index contributed by atoms with van der Waals surface area (Å²) in [5.74, 6) is 1.50. The highest BCUT2D eigenvalue weighted by atomic mass is 16.6. The van der Waals surface area contributed by atoms with Gasteiger partial charge in [-0.1, -0.05) is 30.3 Å². The third-order valence-electron chi connectivity index (χ3n) is 3.67. The minimum atomic E-state index is -0.772. The van der Waals surface area contributed by atoms with E-state index >= 15 is 0 Å². The highest BCUT2D eigenvalue weighted by Gasteiger charge is 2.24. The lowest BCUT2D eigenvalue weighted by molar-refractivity contribution is 0.0766. The number of methoxy groups -OCH3 is 1. The number of carbonyl (C=O) groups is 1. The Labute approximate surface area is 128 Å². The van der Waals surface area contributed by atoms with Gasteiger partial charge in [-0.15, -0.1) is 0 Å². The Morgan fingerprint density at radius 3 is 2.86 bits per heavy atom. The largest absolute Gasteiger partial charge is 0.496 e. The minimum Gasteiger partial charge on any atom is -0.496 e. The second-order valence-electron chi connectivity index (χ2n) is 5.02. The summed E-state index contributed by atoms with van der Waals surface area (Å²) in [5, 5.41) is 0. The van der Waals surface area contributed by atoms with E-state index in [1.807, 2.05) is 42.5 Å². The van der Waals surface area contributed by atoms with Crippen molar-refractivity contribution in [3.05, 3.63) is 48.0 Å². The number of ether oxygens (including phenoxy) is 3. The quantitative estimate of drug-likeness (QED) is 0.944. The van der Waals surface area contributed by atoms with Crippen molar-refractivity contribution in [2.75, 3.05) is 13.7 Å². The highest BCUT2D eigenvalue weighted by Crippen LogP contribution is 2.39. The number of hydrogen-bond donors (Lipinski definition) is 1. The van der Waals surface area contributed by atoms with Crippen LogP contribution in [0.4, 0.5) is 4.79 Å². The fourth-order valence-corrected chi connectivity index (χ4v) is 2.67. The van der Waals surface area contributed by atoms with Crippen LogP contribution < -0.4 is 15.2 Å². The summed E-state index contributed by atoms with van der Waals surface area (Å²) in [6.07, 6.45) is -0.524. The van der Waals surface area contributed by atoms with Gasteiger partial charge in [-0.25, -0.2) is 4.79 Å². The van der Waals surface area contributed by atoms with Gasteiger partial charge in [0.25, 0.3) is 0 Å². The van der Waals surface area contributed by atoms with Crippen molar-refractivity contribution >= 4 is 6.09 Å². The topological polar surface area (TPSA) is 70.8 Å². The van der Waals surface area contributed by atoms with Gasteiger partial charge in [0.2, 0.25) is 0 Å². The van der Waals surface area contributed by atoms with Gasteiger partial charge < -0.3 is 19.9 Å². The van der Waals surface area contributed by atoms with Gasteiger partial charge in [-0.3, -0.25) is 0 Å². The van der Waals surface area contributed by atoms with Crippen LogP contribution in [-0.4, -0.2) is 19.8 Å². The van der Waals surface area contributed by atoms with E-state index in [1.165, 1.54) is 0 Å². The van der Waals surface area contributed by atoms with E-state index in [0.29, 0.717) is 18.8 Å². The molecule has 0 aromatic heterocycles. The van der Waals surface area contributed by atoms with Crippen LogP contribution in [0.2, 0.25) is 0 Å². The molecule has 2 aromatic carbocycles. The molecule has 1 aliphatic rings. The lowest BCUT2D eigenvalue weighted by atomic mass is 9.97. The number of carbonyl (C=O) groups excluding carboxylic acids is 1. The van der Waals surface area contributed by atoms with Gasteiger partial charge in [0.15, 0.2) is 0 Å². The molecule has 0 aliphatic carbocycles. The minimum absolute atomic E-state index is 0.354. The first kappa shape index (κ1) is 14.3. The van der Waals surface area contributed by atoms with Crippen LogP contribution in [0, 0.1) is 0 Å². The first-order valence-electron chi connectivity index (χ1n) is 7.05. The lowest BCUT2D eigenvalue weighted by Gasteiger charge is -2.25. The number of hydrogen-bond acceptors (Lipinski definition) is 4. The molecular weight excluding hydrogens is 282 g/mol. The number of fused-ring (bicyclic) bond motifs is 1. The SMILES string of the molecule is COc1ccccc1-c1ccc2c(c1)OCCC2OC(N)=O. The Kier molecular flexibility index (Phi) is 3.87. The van der Waals surface area contributed by atoms with E-state index in [4.69, 9.17) is 19.9 Å². The highest BCUT2D eigenvalue weighted by molar-refractivity contribution is 5.72. The Bertz CT molecular complexity index is 699. The number of para-hydroxylation sites is 1. The molecule has 0 bridgehead atoms. The first-order chi connectivity index (χ1) is 10.7. The molecule has 22 heavy (non-hydrogen) atoms. The molecule has 114 valence electrons. The third-order valence-corrected chi connectivity index (χ3v) is 3.67. The van der Waals surface area contributed by atoms with E-state index in [2.05, 4.69) is 0 Å². The average molecular weight is 299 g/mol. The molecule has 0 spiro atoms. The number of benzene rings is 2. The second kappa shape index (κ2) is 5.97. The Balaban J connectivity index is 1.99. The number of nitrogens with two attached hydrogens (primary N) is 1. The predicted octanol–water partition coefficient (Wildman–Crippen LogP) is 3.28. The van der Waals surface area contributed by atoms with Gasteiger partial charge >= 0.3 is 6.09 Å². The van der Waals surface area contributed by atoms with Crippen molar-refractivity contribution in [2.24, 2.45) is 5.73 Å². The molecule has 5 nitrogen and oxygen atoms in total. The van der Waals surface area contributed by atoms with Crippen molar-refractivity contribution in [1.82, 2.24) is 0 Å². The fraction of sp³-hybridized carbons (Fsp3) is 0.235. The first-order valence-corrected chi connectivity index (χ1v) is 7.05. The summed E-state index contributed by atoms with van der Waals surface area (Å²) in [6, 6.07) is 13.6. The Hall–Kier alpha value is -2.69. The molecule has 0 saturated carbocycles. The summed E-state index contributed by atoms with van der Waals surface area (Å²) in [5.41, 5.74) is 7.92. The molecule has 3 rings (SSSR count). The summed E-state index contributed by atoms with van der Waals surface area (Å²) in [4.78, 5) is 11.0. The van der Waals surface area contributed by atoms with Crippen LogP contribution in [0.1, 0.15) is 18.1 Å². The summed E-state index contributed by atoms with van der Waals surface area (Å²) >= 11 is 0. The monoisotopic (exact) mass is 299 g/mol. The molecule has 2 N–H and O–H groups in total. The summed E-state index contributed by atoms with van der Waals surface area (Å²) < 4.78 is 16.2. The molecule has 0 fully saturated rings. The molecule has 1 unspecified atom stereocenters. The zero-order chi connectivity index (χ0) is 15.5. The number of primary amides is 1. The van der Waals surface area contributed by atoms with E-state index in [-0.39, 0.29) is 6.10 Å². The molecular formula is C17H17NO4. The molecule has 2 aromatic rings.